The minimum absolute atomic E-state index is 0.140. The van der Waals surface area contributed by atoms with Crippen LogP contribution in [-0.2, 0) is 9.53 Å². The van der Waals surface area contributed by atoms with Gasteiger partial charge in [-0.15, -0.1) is 0 Å². The van der Waals surface area contributed by atoms with E-state index >= 15 is 0 Å². The van der Waals surface area contributed by atoms with Crippen LogP contribution in [0.2, 0.25) is 0 Å². The number of rotatable bonds is 1. The lowest BCUT2D eigenvalue weighted by atomic mass is 10.0. The van der Waals surface area contributed by atoms with Crippen LogP contribution in [0.5, 0.6) is 0 Å². The van der Waals surface area contributed by atoms with Gasteiger partial charge < -0.3 is 4.74 Å². The Balaban J connectivity index is 3.00. The second-order valence-electron chi connectivity index (χ2n) is 3.12. The second kappa shape index (κ2) is 5.26. The number of esters is 1. The van der Waals surface area contributed by atoms with Crippen LogP contribution in [0.1, 0.15) is 18.4 Å². The Morgan fingerprint density at radius 3 is 2.44 bits per heavy atom. The highest BCUT2D eigenvalue weighted by atomic mass is 19.1. The normalized spacial score (nSPS) is 11.2. The molecule has 1 rings (SSSR count). The van der Waals surface area contributed by atoms with E-state index in [1.807, 2.05) is 0 Å². The molecule has 0 aliphatic rings. The number of ether oxygens (including phenoxy) is 1. The van der Waals surface area contributed by atoms with Gasteiger partial charge in [-0.1, -0.05) is 12.0 Å². The number of hydrogen-bond acceptors (Lipinski definition) is 2. The molecular formula is C12H10F2O2. The van der Waals surface area contributed by atoms with Gasteiger partial charge in [0.1, 0.15) is 11.6 Å². The molecule has 1 aromatic carbocycles. The lowest BCUT2D eigenvalue weighted by Gasteiger charge is -2.06. The zero-order valence-corrected chi connectivity index (χ0v) is 8.88. The molecule has 0 spiro atoms. The number of carbonyl (C=O) groups excluding carboxylic acids is 1. The fourth-order valence-electron chi connectivity index (χ4n) is 1.21. The van der Waals surface area contributed by atoms with Crippen LogP contribution in [0.15, 0.2) is 18.2 Å². The van der Waals surface area contributed by atoms with Gasteiger partial charge in [0.2, 0.25) is 0 Å². The molecule has 0 bridgehead atoms. The van der Waals surface area contributed by atoms with Gasteiger partial charge in [-0.25, -0.2) is 13.6 Å². The summed E-state index contributed by atoms with van der Waals surface area (Å²) in [6.45, 7) is 1.51. The standard InChI is InChI=1S/C12H10F2O2/c1-8(6-7-11(15)16-2)12-9(13)4-3-5-10(12)14/h3-5,8H,1-2H3. The summed E-state index contributed by atoms with van der Waals surface area (Å²) in [5.41, 5.74) is -0.140. The van der Waals surface area contributed by atoms with Crippen molar-refractivity contribution >= 4 is 5.97 Å². The quantitative estimate of drug-likeness (QED) is 0.415. The van der Waals surface area contributed by atoms with Gasteiger partial charge in [0.15, 0.2) is 0 Å². The van der Waals surface area contributed by atoms with Crippen LogP contribution in [-0.4, -0.2) is 13.1 Å². The number of halogens is 2. The van der Waals surface area contributed by atoms with E-state index in [0.717, 1.165) is 12.1 Å². The van der Waals surface area contributed by atoms with Crippen LogP contribution < -0.4 is 0 Å². The highest BCUT2D eigenvalue weighted by Gasteiger charge is 2.13. The summed E-state index contributed by atoms with van der Waals surface area (Å²) in [6.07, 6.45) is 0. The molecule has 0 amide bonds. The van der Waals surface area contributed by atoms with E-state index in [0.29, 0.717) is 0 Å². The Hall–Kier alpha value is -1.89. The Labute approximate surface area is 92.2 Å². The molecule has 0 aliphatic heterocycles. The predicted molar refractivity (Wildman–Crippen MR) is 54.6 cm³/mol. The molecule has 1 unspecified atom stereocenters. The molecule has 0 saturated carbocycles. The molecule has 1 aromatic rings. The predicted octanol–water partition coefficient (Wildman–Crippen LogP) is 2.24. The molecule has 4 heteroatoms. The minimum atomic E-state index is -0.733. The third-order valence-corrected chi connectivity index (χ3v) is 2.01. The third kappa shape index (κ3) is 2.80. The van der Waals surface area contributed by atoms with Crippen LogP contribution in [0.25, 0.3) is 0 Å². The van der Waals surface area contributed by atoms with Crippen molar-refractivity contribution in [3.63, 3.8) is 0 Å². The largest absolute Gasteiger partial charge is 0.459 e. The lowest BCUT2D eigenvalue weighted by molar-refractivity contribution is -0.133. The summed E-state index contributed by atoms with van der Waals surface area (Å²) in [4.78, 5) is 10.7. The van der Waals surface area contributed by atoms with Crippen molar-refractivity contribution in [1.29, 1.82) is 0 Å². The molecular weight excluding hydrogens is 214 g/mol. The van der Waals surface area contributed by atoms with Crippen LogP contribution >= 0.6 is 0 Å². The van der Waals surface area contributed by atoms with Crippen molar-refractivity contribution in [2.45, 2.75) is 12.8 Å². The molecule has 0 fully saturated rings. The van der Waals surface area contributed by atoms with Gasteiger partial charge in [0.05, 0.1) is 7.11 Å². The van der Waals surface area contributed by atoms with Crippen LogP contribution in [0.4, 0.5) is 8.78 Å². The maximum atomic E-state index is 13.3. The smallest absolute Gasteiger partial charge is 0.384 e. The molecule has 84 valence electrons. The minimum Gasteiger partial charge on any atom is -0.459 e. The zero-order valence-electron chi connectivity index (χ0n) is 8.88. The average molecular weight is 224 g/mol. The van der Waals surface area contributed by atoms with Gasteiger partial charge in [-0.05, 0) is 19.1 Å². The maximum absolute atomic E-state index is 13.3. The number of hydrogen-bond donors (Lipinski definition) is 0. The Morgan fingerprint density at radius 2 is 1.94 bits per heavy atom. The molecule has 0 saturated heterocycles. The summed E-state index contributed by atoms with van der Waals surface area (Å²) in [5.74, 6) is 1.78. The van der Waals surface area contributed by atoms with Gasteiger partial charge >= 0.3 is 5.97 Å². The average Bonchev–Trinajstić information content (AvgIpc) is 2.25. The van der Waals surface area contributed by atoms with Crippen molar-refractivity contribution < 1.29 is 18.3 Å². The fraction of sp³-hybridized carbons (Fsp3) is 0.250. The zero-order chi connectivity index (χ0) is 12.1. The number of benzene rings is 1. The molecule has 1 atom stereocenters. The molecule has 0 aromatic heterocycles. The van der Waals surface area contributed by atoms with Gasteiger partial charge in [0.25, 0.3) is 0 Å². The summed E-state index contributed by atoms with van der Waals surface area (Å²) in [6, 6.07) is 3.57. The van der Waals surface area contributed by atoms with E-state index in [1.165, 1.54) is 20.1 Å². The molecule has 2 nitrogen and oxygen atoms in total. The second-order valence-corrected chi connectivity index (χ2v) is 3.12. The SMILES string of the molecule is COC(=O)C#CC(C)c1c(F)cccc1F. The Bertz CT molecular complexity index is 438. The maximum Gasteiger partial charge on any atom is 0.384 e. The van der Waals surface area contributed by atoms with E-state index in [1.54, 1.807) is 0 Å². The third-order valence-electron chi connectivity index (χ3n) is 2.01. The highest BCUT2D eigenvalue weighted by molar-refractivity contribution is 5.88. The molecule has 16 heavy (non-hydrogen) atoms. The first kappa shape index (κ1) is 12.2. The topological polar surface area (TPSA) is 26.3 Å². The van der Waals surface area contributed by atoms with Crippen molar-refractivity contribution in [3.8, 4) is 11.8 Å². The fourth-order valence-corrected chi connectivity index (χ4v) is 1.21. The highest BCUT2D eigenvalue weighted by Crippen LogP contribution is 2.21. The summed E-state index contributed by atoms with van der Waals surface area (Å²) in [7, 11) is 1.19. The van der Waals surface area contributed by atoms with Crippen molar-refractivity contribution in [2.75, 3.05) is 7.11 Å². The monoisotopic (exact) mass is 224 g/mol. The van der Waals surface area contributed by atoms with E-state index < -0.39 is 23.5 Å². The molecule has 0 heterocycles. The van der Waals surface area contributed by atoms with Crippen LogP contribution in [0, 0.1) is 23.5 Å². The number of methoxy groups -OCH3 is 1. The Morgan fingerprint density at radius 1 is 1.38 bits per heavy atom. The van der Waals surface area contributed by atoms with Crippen LogP contribution in [0.3, 0.4) is 0 Å². The van der Waals surface area contributed by atoms with Gasteiger partial charge in [-0.2, -0.15) is 0 Å². The summed E-state index contributed by atoms with van der Waals surface area (Å²) < 4.78 is 30.9. The molecule has 0 N–H and O–H groups in total. The first-order chi connectivity index (χ1) is 7.56. The molecule has 0 radical (unpaired) electrons. The van der Waals surface area contributed by atoms with E-state index in [-0.39, 0.29) is 5.56 Å². The van der Waals surface area contributed by atoms with E-state index in [9.17, 15) is 13.6 Å². The molecule has 0 aliphatic carbocycles. The van der Waals surface area contributed by atoms with E-state index in [4.69, 9.17) is 0 Å². The first-order valence-electron chi connectivity index (χ1n) is 4.59. The van der Waals surface area contributed by atoms with Gasteiger partial charge in [-0.3, -0.25) is 0 Å². The van der Waals surface area contributed by atoms with Gasteiger partial charge in [0, 0.05) is 17.4 Å². The lowest BCUT2D eigenvalue weighted by Crippen LogP contribution is -2.01. The van der Waals surface area contributed by atoms with Crippen molar-refractivity contribution in [2.24, 2.45) is 0 Å². The van der Waals surface area contributed by atoms with E-state index in [2.05, 4.69) is 16.6 Å². The number of carbonyl (C=O) groups is 1. The Kier molecular flexibility index (Phi) is 4.01. The summed E-state index contributed by atoms with van der Waals surface area (Å²) in [5, 5.41) is 0. The summed E-state index contributed by atoms with van der Waals surface area (Å²) >= 11 is 0. The first-order valence-corrected chi connectivity index (χ1v) is 4.59. The van der Waals surface area contributed by atoms with Crippen molar-refractivity contribution in [3.05, 3.63) is 35.4 Å². The van der Waals surface area contributed by atoms with Crippen molar-refractivity contribution in [1.82, 2.24) is 0 Å².